The summed E-state index contributed by atoms with van der Waals surface area (Å²) >= 11 is 5.12. The lowest BCUT2D eigenvalue weighted by Crippen LogP contribution is -2.46. The van der Waals surface area contributed by atoms with Crippen LogP contribution in [0.25, 0.3) is 0 Å². The van der Waals surface area contributed by atoms with Crippen molar-refractivity contribution in [3.8, 4) is 0 Å². The van der Waals surface area contributed by atoms with Gasteiger partial charge in [0.2, 0.25) is 0 Å². The molecular formula is C11H9BrN2O2S. The largest absolute Gasteiger partial charge is 0.322 e. The molecule has 4 nitrogen and oxygen atoms in total. The Bertz CT molecular complexity index is 534. The van der Waals surface area contributed by atoms with Gasteiger partial charge in [-0.15, -0.1) is 11.8 Å². The van der Waals surface area contributed by atoms with Crippen molar-refractivity contribution in [1.29, 1.82) is 0 Å². The number of carbonyl (C=O) groups is 2. The molecule has 1 unspecified atom stereocenters. The van der Waals surface area contributed by atoms with Gasteiger partial charge in [0.25, 0.3) is 5.91 Å². The molecule has 17 heavy (non-hydrogen) atoms. The highest BCUT2D eigenvalue weighted by Gasteiger charge is 2.49. The van der Waals surface area contributed by atoms with Crippen LogP contribution in [0.15, 0.2) is 27.6 Å². The maximum Gasteiger partial charge on any atom is 0.322 e. The highest BCUT2D eigenvalue weighted by atomic mass is 79.9. The van der Waals surface area contributed by atoms with E-state index in [4.69, 9.17) is 0 Å². The smallest absolute Gasteiger partial charge is 0.319 e. The number of fused-ring (bicyclic) bond motifs is 2. The van der Waals surface area contributed by atoms with E-state index in [1.54, 1.807) is 11.8 Å². The highest BCUT2D eigenvalue weighted by Crippen LogP contribution is 2.42. The second kappa shape index (κ2) is 3.74. The Kier molecular flexibility index (Phi) is 2.45. The fourth-order valence-corrected chi connectivity index (χ4v) is 4.02. The highest BCUT2D eigenvalue weighted by molar-refractivity contribution is 9.10. The Morgan fingerprint density at radius 1 is 1.35 bits per heavy atom. The van der Waals surface area contributed by atoms with Crippen LogP contribution in [0.4, 0.5) is 4.79 Å². The first-order valence-electron chi connectivity index (χ1n) is 5.18. The van der Waals surface area contributed by atoms with Gasteiger partial charge in [0.1, 0.15) is 5.54 Å². The molecule has 6 heteroatoms. The molecule has 1 atom stereocenters. The van der Waals surface area contributed by atoms with Crippen molar-refractivity contribution in [2.24, 2.45) is 0 Å². The number of benzene rings is 1. The number of thioether (sulfide) groups is 1. The molecule has 1 saturated heterocycles. The van der Waals surface area contributed by atoms with Crippen molar-refractivity contribution in [2.75, 3.05) is 5.75 Å². The van der Waals surface area contributed by atoms with Gasteiger partial charge in [-0.25, -0.2) is 4.79 Å². The Labute approximate surface area is 111 Å². The Balaban J connectivity index is 2.17. The van der Waals surface area contributed by atoms with Crippen molar-refractivity contribution < 1.29 is 9.59 Å². The van der Waals surface area contributed by atoms with Crippen LogP contribution >= 0.6 is 27.7 Å². The number of hydrogen-bond donors (Lipinski definition) is 2. The van der Waals surface area contributed by atoms with Crippen LogP contribution in [-0.4, -0.2) is 17.7 Å². The quantitative estimate of drug-likeness (QED) is 0.720. The Morgan fingerprint density at radius 3 is 2.88 bits per heavy atom. The molecule has 0 bridgehead atoms. The van der Waals surface area contributed by atoms with Crippen LogP contribution in [0.3, 0.4) is 0 Å². The van der Waals surface area contributed by atoms with Crippen LogP contribution in [0, 0.1) is 0 Å². The molecule has 2 aliphatic heterocycles. The van der Waals surface area contributed by atoms with E-state index in [1.807, 2.05) is 18.2 Å². The van der Waals surface area contributed by atoms with Gasteiger partial charge in [-0.05, 0) is 18.6 Å². The van der Waals surface area contributed by atoms with Gasteiger partial charge in [-0.2, -0.15) is 0 Å². The van der Waals surface area contributed by atoms with Gasteiger partial charge in [-0.3, -0.25) is 10.1 Å². The van der Waals surface area contributed by atoms with Crippen LogP contribution in [-0.2, 0) is 10.3 Å². The van der Waals surface area contributed by atoms with Crippen LogP contribution in [0.5, 0.6) is 0 Å². The van der Waals surface area contributed by atoms with Gasteiger partial charge in [0.05, 0.1) is 0 Å². The van der Waals surface area contributed by atoms with Crippen molar-refractivity contribution in [1.82, 2.24) is 10.6 Å². The molecule has 3 amide bonds. The molecule has 0 aromatic heterocycles. The van der Waals surface area contributed by atoms with Crippen molar-refractivity contribution in [3.63, 3.8) is 0 Å². The lowest BCUT2D eigenvalue weighted by Gasteiger charge is -2.32. The van der Waals surface area contributed by atoms with E-state index in [-0.39, 0.29) is 5.91 Å². The second-order valence-electron chi connectivity index (χ2n) is 4.05. The molecular weight excluding hydrogens is 304 g/mol. The van der Waals surface area contributed by atoms with Crippen molar-refractivity contribution in [3.05, 3.63) is 28.2 Å². The molecule has 3 rings (SSSR count). The van der Waals surface area contributed by atoms with Gasteiger partial charge in [0, 0.05) is 20.7 Å². The average Bonchev–Trinajstić information content (AvgIpc) is 2.54. The first-order valence-corrected chi connectivity index (χ1v) is 6.96. The predicted octanol–water partition coefficient (Wildman–Crippen LogP) is 1.98. The van der Waals surface area contributed by atoms with E-state index in [0.717, 1.165) is 20.7 Å². The maximum atomic E-state index is 12.0. The molecule has 0 radical (unpaired) electrons. The summed E-state index contributed by atoms with van der Waals surface area (Å²) in [7, 11) is 0. The van der Waals surface area contributed by atoms with E-state index in [1.165, 1.54) is 0 Å². The van der Waals surface area contributed by atoms with E-state index < -0.39 is 11.6 Å². The number of halogens is 1. The number of nitrogens with one attached hydrogen (secondary N) is 2. The Hall–Kier alpha value is -1.01. The summed E-state index contributed by atoms with van der Waals surface area (Å²) in [5.74, 6) is 0.573. The summed E-state index contributed by atoms with van der Waals surface area (Å²) in [5.41, 5.74) is 0.0264. The fourth-order valence-electron chi connectivity index (χ4n) is 2.27. The minimum atomic E-state index is -0.863. The zero-order valence-electron chi connectivity index (χ0n) is 8.75. The first-order chi connectivity index (χ1) is 8.12. The topological polar surface area (TPSA) is 58.2 Å². The van der Waals surface area contributed by atoms with Crippen LogP contribution < -0.4 is 10.6 Å². The second-order valence-corrected chi connectivity index (χ2v) is 6.10. The molecule has 88 valence electrons. The van der Waals surface area contributed by atoms with Gasteiger partial charge >= 0.3 is 6.03 Å². The van der Waals surface area contributed by atoms with E-state index in [0.29, 0.717) is 6.42 Å². The lowest BCUT2D eigenvalue weighted by atomic mass is 9.87. The molecule has 0 saturated carbocycles. The molecule has 1 aromatic rings. The zero-order chi connectivity index (χ0) is 12.0. The molecule has 1 fully saturated rings. The van der Waals surface area contributed by atoms with Crippen LogP contribution in [0.2, 0.25) is 0 Å². The molecule has 1 spiro atoms. The zero-order valence-corrected chi connectivity index (χ0v) is 11.2. The number of imide groups is 1. The Morgan fingerprint density at radius 2 is 2.18 bits per heavy atom. The number of hydrogen-bond acceptors (Lipinski definition) is 3. The van der Waals surface area contributed by atoms with Gasteiger partial charge in [-0.1, -0.05) is 22.0 Å². The SMILES string of the molecule is O=C1NC(=O)C2(CCSc3cc(Br)ccc32)N1. The number of rotatable bonds is 0. The summed E-state index contributed by atoms with van der Waals surface area (Å²) in [5, 5.41) is 5.09. The van der Waals surface area contributed by atoms with Gasteiger partial charge in [0.15, 0.2) is 0 Å². The standard InChI is InChI=1S/C11H9BrN2O2S/c12-6-1-2-7-8(5-6)17-4-3-11(7)9(15)13-10(16)14-11/h1-2,5H,3-4H2,(H2,13,14,15,16). The van der Waals surface area contributed by atoms with Crippen LogP contribution in [0.1, 0.15) is 12.0 Å². The van der Waals surface area contributed by atoms with Gasteiger partial charge < -0.3 is 5.32 Å². The number of amides is 3. The minimum absolute atomic E-state index is 0.244. The fraction of sp³-hybridized carbons (Fsp3) is 0.273. The third-order valence-corrected chi connectivity index (χ3v) is 4.63. The van der Waals surface area contributed by atoms with Crippen molar-refractivity contribution in [2.45, 2.75) is 16.9 Å². The summed E-state index contributed by atoms with van der Waals surface area (Å²) < 4.78 is 0.977. The number of carbonyl (C=O) groups excluding carboxylic acids is 2. The third-order valence-electron chi connectivity index (χ3n) is 3.08. The average molecular weight is 313 g/mol. The van der Waals surface area contributed by atoms with Crippen molar-refractivity contribution >= 4 is 39.6 Å². The third kappa shape index (κ3) is 1.58. The maximum absolute atomic E-state index is 12.0. The normalized spacial score (nSPS) is 26.6. The summed E-state index contributed by atoms with van der Waals surface area (Å²) in [6.07, 6.45) is 0.629. The molecule has 0 aliphatic carbocycles. The first kappa shape index (κ1) is 11.1. The van der Waals surface area contributed by atoms with E-state index in [9.17, 15) is 9.59 Å². The molecule has 2 N–H and O–H groups in total. The summed E-state index contributed by atoms with van der Waals surface area (Å²) in [4.78, 5) is 24.4. The minimum Gasteiger partial charge on any atom is -0.319 e. The summed E-state index contributed by atoms with van der Waals surface area (Å²) in [6.45, 7) is 0. The molecule has 2 heterocycles. The predicted molar refractivity (Wildman–Crippen MR) is 67.8 cm³/mol. The van der Waals surface area contributed by atoms with E-state index in [2.05, 4.69) is 26.6 Å². The monoisotopic (exact) mass is 312 g/mol. The lowest BCUT2D eigenvalue weighted by molar-refractivity contribution is -0.124. The van der Waals surface area contributed by atoms with E-state index >= 15 is 0 Å². The summed E-state index contributed by atoms with van der Waals surface area (Å²) in [6, 6.07) is 5.37. The molecule has 2 aliphatic rings. The number of urea groups is 1. The molecule has 1 aromatic carbocycles.